The van der Waals surface area contributed by atoms with Crippen LogP contribution in [-0.4, -0.2) is 36.9 Å². The monoisotopic (exact) mass is 479 g/mol. The van der Waals surface area contributed by atoms with E-state index >= 15 is 0 Å². The Morgan fingerprint density at radius 2 is 1.24 bits per heavy atom. The highest BCUT2D eigenvalue weighted by molar-refractivity contribution is 5.88. The van der Waals surface area contributed by atoms with Gasteiger partial charge >= 0.3 is 0 Å². The quantitative estimate of drug-likeness (QED) is 0.125. The minimum Gasteiger partial charge on any atom is -0.356 e. The third-order valence-corrected chi connectivity index (χ3v) is 5.92. The third-order valence-electron chi connectivity index (χ3n) is 5.92. The summed E-state index contributed by atoms with van der Waals surface area (Å²) < 4.78 is 0. The largest absolute Gasteiger partial charge is 0.356 e. The van der Waals surface area contributed by atoms with E-state index in [0.29, 0.717) is 25.9 Å². The van der Waals surface area contributed by atoms with E-state index in [1.54, 1.807) is 0 Å². The van der Waals surface area contributed by atoms with Crippen LogP contribution >= 0.6 is 0 Å². The van der Waals surface area contributed by atoms with Crippen molar-refractivity contribution < 1.29 is 14.4 Å². The zero-order valence-corrected chi connectivity index (χ0v) is 22.4. The Kier molecular flexibility index (Phi) is 23.0. The number of rotatable bonds is 23. The minimum absolute atomic E-state index is 0.0634. The summed E-state index contributed by atoms with van der Waals surface area (Å²) in [6.07, 6.45) is 21.1. The Hall–Kier alpha value is -1.85. The van der Waals surface area contributed by atoms with E-state index < -0.39 is 6.04 Å². The van der Waals surface area contributed by atoms with Crippen LogP contribution in [0.25, 0.3) is 0 Å². The smallest absolute Gasteiger partial charge is 0.242 e. The van der Waals surface area contributed by atoms with Crippen LogP contribution in [0, 0.1) is 0 Å². The lowest BCUT2D eigenvalue weighted by atomic mass is 10.1. The predicted molar refractivity (Wildman–Crippen MR) is 143 cm³/mol. The normalized spacial score (nSPS) is 12.0. The molecule has 0 heterocycles. The molecule has 0 aliphatic carbocycles. The topological polar surface area (TPSA) is 87.3 Å². The van der Waals surface area contributed by atoms with Crippen molar-refractivity contribution in [3.8, 4) is 0 Å². The van der Waals surface area contributed by atoms with Crippen molar-refractivity contribution in [1.82, 2.24) is 16.0 Å². The van der Waals surface area contributed by atoms with Gasteiger partial charge in [-0.2, -0.15) is 0 Å². The molecule has 0 aromatic heterocycles. The van der Waals surface area contributed by atoms with Gasteiger partial charge in [0.25, 0.3) is 0 Å². The van der Waals surface area contributed by atoms with Gasteiger partial charge in [0, 0.05) is 25.9 Å². The lowest BCUT2D eigenvalue weighted by Crippen LogP contribution is -2.47. The fourth-order valence-electron chi connectivity index (χ4n) is 3.71. The van der Waals surface area contributed by atoms with E-state index in [1.165, 1.54) is 38.5 Å². The van der Waals surface area contributed by atoms with Crippen LogP contribution in [0.2, 0.25) is 0 Å². The summed E-state index contributed by atoms with van der Waals surface area (Å²) >= 11 is 0. The molecule has 6 nitrogen and oxygen atoms in total. The van der Waals surface area contributed by atoms with Gasteiger partial charge < -0.3 is 16.0 Å². The fourth-order valence-corrected chi connectivity index (χ4v) is 3.71. The Morgan fingerprint density at radius 3 is 1.85 bits per heavy atom. The molecule has 0 saturated heterocycles. The van der Waals surface area contributed by atoms with E-state index in [2.05, 4.69) is 48.9 Å². The summed E-state index contributed by atoms with van der Waals surface area (Å²) in [5.74, 6) is -0.345. The first-order chi connectivity index (χ1) is 16.5. The third kappa shape index (κ3) is 20.7. The zero-order chi connectivity index (χ0) is 25.3. The Morgan fingerprint density at radius 1 is 0.647 bits per heavy atom. The standard InChI is InChI=1S/C28H53N3O3/c1-4-7-10-11-12-13-14-15-16-17-18-19-20-27(33)31-25(28(34)30-24-9-6-3)21-22-26(32)29-23-8-5-2/h7,10,25H,4-6,8-9,11-24H2,1-3H3,(H,29,32)(H,30,34)(H,31,33)/b10-7+/t25-/m0/s1. The van der Waals surface area contributed by atoms with Crippen LogP contribution in [0.1, 0.15) is 130 Å². The van der Waals surface area contributed by atoms with Crippen molar-refractivity contribution in [3.63, 3.8) is 0 Å². The predicted octanol–water partition coefficient (Wildman–Crippen LogP) is 5.95. The lowest BCUT2D eigenvalue weighted by Gasteiger charge is -2.18. The highest BCUT2D eigenvalue weighted by Crippen LogP contribution is 2.11. The summed E-state index contributed by atoms with van der Waals surface area (Å²) in [6, 6.07) is -0.645. The van der Waals surface area contributed by atoms with Crippen molar-refractivity contribution in [2.75, 3.05) is 13.1 Å². The first kappa shape index (κ1) is 32.1. The van der Waals surface area contributed by atoms with Gasteiger partial charge in [-0.05, 0) is 44.9 Å². The number of nitrogens with one attached hydrogen (secondary N) is 3. The second kappa shape index (κ2) is 24.3. The highest BCUT2D eigenvalue weighted by Gasteiger charge is 2.21. The van der Waals surface area contributed by atoms with E-state index in [1.807, 2.05) is 0 Å². The van der Waals surface area contributed by atoms with Crippen LogP contribution in [-0.2, 0) is 14.4 Å². The van der Waals surface area contributed by atoms with E-state index in [4.69, 9.17) is 0 Å². The first-order valence-electron chi connectivity index (χ1n) is 14.0. The maximum atomic E-state index is 12.5. The van der Waals surface area contributed by atoms with Crippen molar-refractivity contribution >= 4 is 17.7 Å². The molecule has 198 valence electrons. The average molecular weight is 480 g/mol. The number of hydrogen-bond acceptors (Lipinski definition) is 3. The van der Waals surface area contributed by atoms with E-state index in [-0.39, 0.29) is 24.1 Å². The molecule has 3 amide bonds. The van der Waals surface area contributed by atoms with Crippen molar-refractivity contribution in [2.24, 2.45) is 0 Å². The van der Waals surface area contributed by atoms with Crippen LogP contribution in [0.5, 0.6) is 0 Å². The molecule has 0 saturated carbocycles. The molecular formula is C28H53N3O3. The number of carbonyl (C=O) groups is 3. The second-order valence-electron chi connectivity index (χ2n) is 9.25. The molecule has 3 N–H and O–H groups in total. The molecule has 0 fully saturated rings. The number of carbonyl (C=O) groups excluding carboxylic acids is 3. The van der Waals surface area contributed by atoms with Crippen LogP contribution in [0.3, 0.4) is 0 Å². The summed E-state index contributed by atoms with van der Waals surface area (Å²) in [6.45, 7) is 7.57. The molecule has 0 radical (unpaired) electrons. The molecule has 1 atom stereocenters. The number of amides is 3. The molecular weight excluding hydrogens is 426 g/mol. The van der Waals surface area contributed by atoms with Gasteiger partial charge in [0.15, 0.2) is 0 Å². The summed E-state index contributed by atoms with van der Waals surface area (Å²) in [7, 11) is 0. The van der Waals surface area contributed by atoms with E-state index in [0.717, 1.165) is 51.4 Å². The van der Waals surface area contributed by atoms with Gasteiger partial charge in [0.1, 0.15) is 6.04 Å². The molecule has 0 aromatic carbocycles. The van der Waals surface area contributed by atoms with Gasteiger partial charge in [-0.1, -0.05) is 84.3 Å². The SMILES string of the molecule is CC/C=C/CCCCCCCCCCC(=O)N[C@@H](CCC(=O)NCCCC)C(=O)NCCCC. The first-order valence-corrected chi connectivity index (χ1v) is 14.0. The average Bonchev–Trinajstić information content (AvgIpc) is 2.82. The van der Waals surface area contributed by atoms with E-state index in [9.17, 15) is 14.4 Å². The number of allylic oxidation sites excluding steroid dienone is 2. The molecule has 0 aliphatic rings. The Labute approximate surface area is 209 Å². The zero-order valence-electron chi connectivity index (χ0n) is 22.4. The van der Waals surface area contributed by atoms with Crippen LogP contribution in [0.15, 0.2) is 12.2 Å². The maximum absolute atomic E-state index is 12.5. The molecule has 0 rings (SSSR count). The molecule has 0 spiro atoms. The van der Waals surface area contributed by atoms with Gasteiger partial charge in [-0.15, -0.1) is 0 Å². The van der Waals surface area contributed by atoms with Gasteiger partial charge in [-0.25, -0.2) is 0 Å². The summed E-state index contributed by atoms with van der Waals surface area (Å²) in [4.78, 5) is 37.0. The Bertz CT molecular complexity index is 549. The molecule has 0 unspecified atom stereocenters. The van der Waals surface area contributed by atoms with Crippen molar-refractivity contribution in [1.29, 1.82) is 0 Å². The Balaban J connectivity index is 4.12. The minimum atomic E-state index is -0.645. The molecule has 6 heteroatoms. The maximum Gasteiger partial charge on any atom is 0.242 e. The summed E-state index contributed by atoms with van der Waals surface area (Å²) in [5, 5.41) is 8.64. The molecule has 0 aliphatic heterocycles. The van der Waals surface area contributed by atoms with Crippen molar-refractivity contribution in [3.05, 3.63) is 12.2 Å². The highest BCUT2D eigenvalue weighted by atomic mass is 16.2. The van der Waals surface area contributed by atoms with Gasteiger partial charge in [0.2, 0.25) is 17.7 Å². The lowest BCUT2D eigenvalue weighted by molar-refractivity contribution is -0.129. The number of unbranched alkanes of at least 4 members (excludes halogenated alkanes) is 10. The van der Waals surface area contributed by atoms with Crippen LogP contribution in [0.4, 0.5) is 0 Å². The van der Waals surface area contributed by atoms with Crippen molar-refractivity contribution in [2.45, 2.75) is 136 Å². The molecule has 34 heavy (non-hydrogen) atoms. The second-order valence-corrected chi connectivity index (χ2v) is 9.25. The molecule has 0 bridgehead atoms. The van der Waals surface area contributed by atoms with Gasteiger partial charge in [0.05, 0.1) is 0 Å². The van der Waals surface area contributed by atoms with Crippen LogP contribution < -0.4 is 16.0 Å². The number of hydrogen-bond donors (Lipinski definition) is 3. The van der Waals surface area contributed by atoms with Gasteiger partial charge in [-0.3, -0.25) is 14.4 Å². The fraction of sp³-hybridized carbons (Fsp3) is 0.821. The molecule has 0 aromatic rings. The summed E-state index contributed by atoms with van der Waals surface area (Å²) in [5.41, 5.74) is 0.